The Bertz CT molecular complexity index is 459. The molecule has 0 aliphatic carbocycles. The molecule has 166 valence electrons. The second-order valence-corrected chi connectivity index (χ2v) is 6.59. The van der Waals surface area contributed by atoms with Gasteiger partial charge in [-0.3, -0.25) is 9.69 Å². The number of hydrogen-bond acceptors (Lipinski definition) is 4. The lowest BCUT2D eigenvalue weighted by Gasteiger charge is -2.32. The maximum absolute atomic E-state index is 12.4. The zero-order chi connectivity index (χ0) is 20.1. The van der Waals surface area contributed by atoms with Crippen molar-refractivity contribution in [2.75, 3.05) is 59.5 Å². The topological polar surface area (TPSA) is 78.0 Å². The number of ether oxygens (including phenoxy) is 1. The van der Waals surface area contributed by atoms with Crippen molar-refractivity contribution in [1.29, 1.82) is 0 Å². The van der Waals surface area contributed by atoms with Crippen molar-refractivity contribution in [2.24, 2.45) is 10.9 Å². The number of hydrogen-bond donors (Lipinski definition) is 3. The van der Waals surface area contributed by atoms with E-state index in [1.807, 2.05) is 6.92 Å². The fourth-order valence-electron chi connectivity index (χ4n) is 2.92. The molecular formula is C17H33F3IN5O2. The largest absolute Gasteiger partial charge is 0.401 e. The standard InChI is InChI=1S/C17H32F3N5O2.HI/c1-3-21-16(24-12-15(26)22-8-11-27-2)23-7-4-14-5-9-25(10-6-14)13-17(18,19)20;/h14H,3-13H2,1-2H3,(H,22,26)(H2,21,23,24);1H. The quantitative estimate of drug-likeness (QED) is 0.176. The molecule has 0 spiro atoms. The number of carbonyl (C=O) groups is 1. The molecule has 1 aliphatic rings. The molecular weight excluding hydrogens is 490 g/mol. The SMILES string of the molecule is CCNC(=NCC(=O)NCCOC)NCCC1CCN(CC(F)(F)F)CC1.I. The van der Waals surface area contributed by atoms with Crippen LogP contribution in [-0.2, 0) is 9.53 Å². The summed E-state index contributed by atoms with van der Waals surface area (Å²) in [4.78, 5) is 17.4. The molecule has 0 saturated carbocycles. The van der Waals surface area contributed by atoms with Gasteiger partial charge in [0.05, 0.1) is 13.2 Å². The Kier molecular flexibility index (Phi) is 14.6. The summed E-state index contributed by atoms with van der Waals surface area (Å²) in [5, 5.41) is 8.96. The number of halogens is 4. The third-order valence-corrected chi connectivity index (χ3v) is 4.31. The highest BCUT2D eigenvalue weighted by Crippen LogP contribution is 2.23. The molecule has 1 heterocycles. The van der Waals surface area contributed by atoms with Crippen LogP contribution in [0.2, 0.25) is 0 Å². The van der Waals surface area contributed by atoms with E-state index in [1.165, 1.54) is 4.90 Å². The van der Waals surface area contributed by atoms with Gasteiger partial charge in [0.15, 0.2) is 5.96 Å². The Morgan fingerprint density at radius 1 is 1.18 bits per heavy atom. The zero-order valence-electron chi connectivity index (χ0n) is 16.6. The Hall–Kier alpha value is -0.820. The van der Waals surface area contributed by atoms with Gasteiger partial charge in [0.2, 0.25) is 5.91 Å². The number of amides is 1. The summed E-state index contributed by atoms with van der Waals surface area (Å²) >= 11 is 0. The number of aliphatic imine (C=N–C) groups is 1. The first-order chi connectivity index (χ1) is 12.8. The van der Waals surface area contributed by atoms with Gasteiger partial charge in [-0.2, -0.15) is 13.2 Å². The number of piperidine rings is 1. The summed E-state index contributed by atoms with van der Waals surface area (Å²) in [5.74, 6) is 0.789. The first-order valence-electron chi connectivity index (χ1n) is 9.41. The van der Waals surface area contributed by atoms with Crippen LogP contribution in [0.25, 0.3) is 0 Å². The average molecular weight is 523 g/mol. The number of alkyl halides is 3. The van der Waals surface area contributed by atoms with E-state index in [2.05, 4.69) is 20.9 Å². The van der Waals surface area contributed by atoms with Crippen molar-refractivity contribution in [3.05, 3.63) is 0 Å². The van der Waals surface area contributed by atoms with E-state index >= 15 is 0 Å². The monoisotopic (exact) mass is 523 g/mol. The van der Waals surface area contributed by atoms with Crippen LogP contribution in [0.15, 0.2) is 4.99 Å². The molecule has 11 heteroatoms. The molecule has 0 radical (unpaired) electrons. The summed E-state index contributed by atoms with van der Waals surface area (Å²) in [6, 6.07) is 0. The maximum atomic E-state index is 12.4. The molecule has 1 amide bonds. The van der Waals surface area contributed by atoms with Crippen LogP contribution in [0.1, 0.15) is 26.2 Å². The minimum Gasteiger partial charge on any atom is -0.383 e. The fourth-order valence-corrected chi connectivity index (χ4v) is 2.92. The summed E-state index contributed by atoms with van der Waals surface area (Å²) in [6.07, 6.45) is -1.72. The predicted molar refractivity (Wildman–Crippen MR) is 114 cm³/mol. The van der Waals surface area contributed by atoms with E-state index in [-0.39, 0.29) is 36.4 Å². The predicted octanol–water partition coefficient (Wildman–Crippen LogP) is 1.59. The number of nitrogens with one attached hydrogen (secondary N) is 3. The summed E-state index contributed by atoms with van der Waals surface area (Å²) < 4.78 is 42.1. The molecule has 0 aromatic carbocycles. The average Bonchev–Trinajstić information content (AvgIpc) is 2.60. The van der Waals surface area contributed by atoms with E-state index < -0.39 is 12.7 Å². The first-order valence-corrected chi connectivity index (χ1v) is 9.41. The second kappa shape index (κ2) is 15.1. The van der Waals surface area contributed by atoms with Gasteiger partial charge in [-0.15, -0.1) is 24.0 Å². The molecule has 7 nitrogen and oxygen atoms in total. The normalized spacial score (nSPS) is 16.4. The van der Waals surface area contributed by atoms with Crippen molar-refractivity contribution in [1.82, 2.24) is 20.9 Å². The summed E-state index contributed by atoms with van der Waals surface area (Å²) in [5.41, 5.74) is 0. The summed E-state index contributed by atoms with van der Waals surface area (Å²) in [7, 11) is 1.57. The third kappa shape index (κ3) is 13.4. The molecule has 0 aromatic rings. The molecule has 1 fully saturated rings. The van der Waals surface area contributed by atoms with E-state index in [0.717, 1.165) is 19.3 Å². The van der Waals surface area contributed by atoms with Crippen LogP contribution in [0.5, 0.6) is 0 Å². The molecule has 28 heavy (non-hydrogen) atoms. The Labute approximate surface area is 182 Å². The second-order valence-electron chi connectivity index (χ2n) is 6.59. The first kappa shape index (κ1) is 27.2. The lowest BCUT2D eigenvalue weighted by molar-refractivity contribution is -0.148. The van der Waals surface area contributed by atoms with Crippen molar-refractivity contribution in [3.63, 3.8) is 0 Å². The number of likely N-dealkylation sites (tertiary alicyclic amines) is 1. The van der Waals surface area contributed by atoms with Crippen LogP contribution >= 0.6 is 24.0 Å². The van der Waals surface area contributed by atoms with Crippen LogP contribution < -0.4 is 16.0 Å². The van der Waals surface area contributed by atoms with Crippen molar-refractivity contribution in [2.45, 2.75) is 32.4 Å². The van der Waals surface area contributed by atoms with Crippen molar-refractivity contribution < 1.29 is 22.7 Å². The third-order valence-electron chi connectivity index (χ3n) is 4.31. The van der Waals surface area contributed by atoms with Gasteiger partial charge in [-0.1, -0.05) is 0 Å². The van der Waals surface area contributed by atoms with E-state index in [4.69, 9.17) is 4.74 Å². The number of rotatable bonds is 10. The Morgan fingerprint density at radius 3 is 2.43 bits per heavy atom. The summed E-state index contributed by atoms with van der Waals surface area (Å²) in [6.45, 7) is 4.36. The number of nitrogens with zero attached hydrogens (tertiary/aromatic N) is 2. The van der Waals surface area contributed by atoms with Gasteiger partial charge >= 0.3 is 6.18 Å². The fraction of sp³-hybridized carbons (Fsp3) is 0.882. The van der Waals surface area contributed by atoms with Gasteiger partial charge < -0.3 is 20.7 Å². The zero-order valence-corrected chi connectivity index (χ0v) is 18.9. The van der Waals surface area contributed by atoms with Crippen molar-refractivity contribution in [3.8, 4) is 0 Å². The molecule has 0 bridgehead atoms. The smallest absolute Gasteiger partial charge is 0.383 e. The lowest BCUT2D eigenvalue weighted by Crippen LogP contribution is -2.42. The molecule has 0 unspecified atom stereocenters. The Morgan fingerprint density at radius 2 is 1.86 bits per heavy atom. The Balaban J connectivity index is 0.00000729. The molecule has 1 rings (SSSR count). The molecule has 1 aliphatic heterocycles. The van der Waals surface area contributed by atoms with Crippen LogP contribution in [0.4, 0.5) is 13.2 Å². The van der Waals surface area contributed by atoms with Gasteiger partial charge in [-0.25, -0.2) is 4.99 Å². The van der Waals surface area contributed by atoms with E-state index in [0.29, 0.717) is 51.2 Å². The van der Waals surface area contributed by atoms with Crippen LogP contribution in [0, 0.1) is 5.92 Å². The van der Waals surface area contributed by atoms with Crippen molar-refractivity contribution >= 4 is 35.8 Å². The van der Waals surface area contributed by atoms with Gasteiger partial charge in [0.1, 0.15) is 6.54 Å². The number of methoxy groups -OCH3 is 1. The number of guanidine groups is 1. The van der Waals surface area contributed by atoms with Crippen LogP contribution in [-0.4, -0.2) is 82.5 Å². The highest BCUT2D eigenvalue weighted by atomic mass is 127. The van der Waals surface area contributed by atoms with Gasteiger partial charge in [0, 0.05) is 26.7 Å². The molecule has 3 N–H and O–H groups in total. The minimum absolute atomic E-state index is 0. The minimum atomic E-state index is -4.12. The molecule has 1 saturated heterocycles. The van der Waals surface area contributed by atoms with Gasteiger partial charge in [-0.05, 0) is 45.2 Å². The van der Waals surface area contributed by atoms with Gasteiger partial charge in [0.25, 0.3) is 0 Å². The number of carbonyl (C=O) groups excluding carboxylic acids is 1. The lowest BCUT2D eigenvalue weighted by atomic mass is 9.93. The molecule has 0 atom stereocenters. The highest BCUT2D eigenvalue weighted by Gasteiger charge is 2.32. The van der Waals surface area contributed by atoms with Crippen LogP contribution in [0.3, 0.4) is 0 Å². The highest BCUT2D eigenvalue weighted by molar-refractivity contribution is 14.0. The maximum Gasteiger partial charge on any atom is 0.401 e. The van der Waals surface area contributed by atoms with E-state index in [1.54, 1.807) is 7.11 Å². The molecule has 0 aromatic heterocycles. The van der Waals surface area contributed by atoms with E-state index in [9.17, 15) is 18.0 Å².